The molecule has 1 saturated carbocycles. The number of rotatable bonds is 5. The Kier molecular flexibility index (Phi) is 7.08. The minimum Gasteiger partial charge on any atom is -0.351 e. The Morgan fingerprint density at radius 2 is 1.80 bits per heavy atom. The van der Waals surface area contributed by atoms with Crippen molar-refractivity contribution in [2.24, 2.45) is 0 Å². The predicted octanol–water partition coefficient (Wildman–Crippen LogP) is 5.80. The minimum absolute atomic E-state index is 0.0427. The van der Waals surface area contributed by atoms with Crippen molar-refractivity contribution in [3.63, 3.8) is 0 Å². The van der Waals surface area contributed by atoms with Gasteiger partial charge in [-0.2, -0.15) is 13.2 Å². The number of anilines is 1. The van der Waals surface area contributed by atoms with E-state index in [1.807, 2.05) is 0 Å². The molecule has 1 heterocycles. The van der Waals surface area contributed by atoms with Crippen LogP contribution >= 0.6 is 22.9 Å². The Labute approximate surface area is 182 Å². The van der Waals surface area contributed by atoms with Crippen molar-refractivity contribution in [3.8, 4) is 0 Å². The first-order chi connectivity index (χ1) is 14.2. The van der Waals surface area contributed by atoms with Crippen LogP contribution in [0.3, 0.4) is 0 Å². The Bertz CT molecular complexity index is 910. The van der Waals surface area contributed by atoms with E-state index in [4.69, 9.17) is 11.6 Å². The van der Waals surface area contributed by atoms with Crippen LogP contribution in [0.25, 0.3) is 0 Å². The van der Waals surface area contributed by atoms with Gasteiger partial charge in [0.2, 0.25) is 5.91 Å². The molecule has 2 aromatic rings. The average molecular weight is 459 g/mol. The van der Waals surface area contributed by atoms with Gasteiger partial charge in [0.1, 0.15) is 0 Å². The molecular weight excluding hydrogens is 437 g/mol. The number of amides is 2. The number of aryl methyl sites for hydroxylation is 1. The van der Waals surface area contributed by atoms with Gasteiger partial charge in [-0.25, -0.2) is 0 Å². The topological polar surface area (TPSA) is 49.4 Å². The minimum atomic E-state index is -5.17. The van der Waals surface area contributed by atoms with Crippen molar-refractivity contribution in [3.05, 3.63) is 51.2 Å². The van der Waals surface area contributed by atoms with Crippen LogP contribution in [-0.4, -0.2) is 24.0 Å². The first kappa shape index (κ1) is 22.6. The lowest BCUT2D eigenvalue weighted by atomic mass is 9.95. The van der Waals surface area contributed by atoms with Crippen molar-refractivity contribution in [1.82, 2.24) is 5.32 Å². The summed E-state index contributed by atoms with van der Waals surface area (Å²) in [5.74, 6) is -2.77. The maximum absolute atomic E-state index is 13.6. The third-order valence-electron chi connectivity index (χ3n) is 5.06. The molecule has 1 atom stereocenters. The molecule has 0 saturated heterocycles. The lowest BCUT2D eigenvalue weighted by molar-refractivity contribution is -0.171. The van der Waals surface area contributed by atoms with E-state index in [-0.39, 0.29) is 16.8 Å². The summed E-state index contributed by atoms with van der Waals surface area (Å²) in [6.45, 7) is 1.79. The monoisotopic (exact) mass is 458 g/mol. The van der Waals surface area contributed by atoms with Gasteiger partial charge in [-0.3, -0.25) is 14.5 Å². The normalized spacial score (nSPS) is 16.2. The number of nitrogens with one attached hydrogen (secondary N) is 1. The van der Waals surface area contributed by atoms with Gasteiger partial charge in [0, 0.05) is 15.8 Å². The average Bonchev–Trinajstić information content (AvgIpc) is 3.12. The largest absolute Gasteiger partial charge is 0.471 e. The number of hydrogen-bond donors (Lipinski definition) is 1. The van der Waals surface area contributed by atoms with Crippen molar-refractivity contribution in [1.29, 1.82) is 0 Å². The number of hydrogen-bond acceptors (Lipinski definition) is 3. The molecule has 1 aliphatic carbocycles. The fraction of sp³-hybridized carbons (Fsp3) is 0.429. The summed E-state index contributed by atoms with van der Waals surface area (Å²) in [4.78, 5) is 27.4. The van der Waals surface area contributed by atoms with E-state index < -0.39 is 24.0 Å². The highest BCUT2D eigenvalue weighted by Gasteiger charge is 2.48. The van der Waals surface area contributed by atoms with Crippen LogP contribution < -0.4 is 10.2 Å². The molecule has 1 fully saturated rings. The Morgan fingerprint density at radius 3 is 2.37 bits per heavy atom. The molecule has 4 nitrogen and oxygen atoms in total. The molecule has 2 amide bonds. The van der Waals surface area contributed by atoms with Gasteiger partial charge in [0.05, 0.1) is 10.7 Å². The van der Waals surface area contributed by atoms with Gasteiger partial charge in [-0.15, -0.1) is 11.3 Å². The molecule has 162 valence electrons. The third kappa shape index (κ3) is 5.16. The van der Waals surface area contributed by atoms with Gasteiger partial charge in [0.15, 0.2) is 6.04 Å². The Balaban J connectivity index is 2.07. The summed E-state index contributed by atoms with van der Waals surface area (Å²) >= 11 is 7.33. The molecule has 9 heteroatoms. The second kappa shape index (κ2) is 9.39. The molecule has 0 aliphatic heterocycles. The van der Waals surface area contributed by atoms with E-state index >= 15 is 0 Å². The van der Waals surface area contributed by atoms with E-state index in [1.165, 1.54) is 29.5 Å². The van der Waals surface area contributed by atoms with Gasteiger partial charge in [-0.05, 0) is 44.0 Å². The first-order valence-corrected chi connectivity index (χ1v) is 10.9. The van der Waals surface area contributed by atoms with Gasteiger partial charge in [0.25, 0.3) is 0 Å². The van der Waals surface area contributed by atoms with Crippen LogP contribution in [0, 0.1) is 6.92 Å². The van der Waals surface area contributed by atoms with Crippen molar-refractivity contribution in [2.75, 3.05) is 4.90 Å². The molecular formula is C21H22ClF3N2O2S. The standard InChI is InChI=1S/C21H22ClF3N2O2S/c1-13-11-12-17(30-13)18(19(28)26-14-7-3-2-4-8-14)27(20(29)21(23,24)25)16-10-6-5-9-15(16)22/h5-6,9-12,14,18H,2-4,7-8H2,1H3,(H,26,28)/t18-/m0/s1. The van der Waals surface area contributed by atoms with E-state index in [2.05, 4.69) is 5.32 Å². The van der Waals surface area contributed by atoms with Crippen LogP contribution in [-0.2, 0) is 9.59 Å². The van der Waals surface area contributed by atoms with Crippen LogP contribution in [0.2, 0.25) is 5.02 Å². The molecule has 3 rings (SSSR count). The predicted molar refractivity (Wildman–Crippen MR) is 112 cm³/mol. The van der Waals surface area contributed by atoms with Crippen molar-refractivity contribution < 1.29 is 22.8 Å². The van der Waals surface area contributed by atoms with Crippen molar-refractivity contribution in [2.45, 2.75) is 57.3 Å². The first-order valence-electron chi connectivity index (χ1n) is 9.70. The number of nitrogens with zero attached hydrogens (tertiary/aromatic N) is 1. The van der Waals surface area contributed by atoms with E-state index in [0.29, 0.717) is 9.78 Å². The summed E-state index contributed by atoms with van der Waals surface area (Å²) in [6.07, 6.45) is -0.678. The number of carbonyl (C=O) groups excluding carboxylic acids is 2. The van der Waals surface area contributed by atoms with Crippen LogP contribution in [0.4, 0.5) is 18.9 Å². The molecule has 1 aromatic carbocycles. The molecule has 0 unspecified atom stereocenters. The molecule has 0 bridgehead atoms. The molecule has 0 radical (unpaired) electrons. The number of carbonyl (C=O) groups is 2. The van der Waals surface area contributed by atoms with Gasteiger partial charge in [-0.1, -0.05) is 43.0 Å². The van der Waals surface area contributed by atoms with Gasteiger partial charge < -0.3 is 5.32 Å². The highest BCUT2D eigenvalue weighted by atomic mass is 35.5. The highest BCUT2D eigenvalue weighted by molar-refractivity contribution is 7.12. The maximum Gasteiger partial charge on any atom is 0.471 e. The van der Waals surface area contributed by atoms with E-state index in [9.17, 15) is 22.8 Å². The lowest BCUT2D eigenvalue weighted by Crippen LogP contribution is -2.50. The third-order valence-corrected chi connectivity index (χ3v) is 6.43. The molecule has 0 spiro atoms. The van der Waals surface area contributed by atoms with E-state index in [0.717, 1.165) is 37.0 Å². The summed E-state index contributed by atoms with van der Waals surface area (Å²) in [5, 5.41) is 2.82. The molecule has 1 N–H and O–H groups in total. The zero-order chi connectivity index (χ0) is 21.9. The van der Waals surface area contributed by atoms with Gasteiger partial charge >= 0.3 is 12.1 Å². The number of alkyl halides is 3. The SMILES string of the molecule is Cc1ccc([C@@H](C(=O)NC2CCCCC2)N(C(=O)C(F)(F)F)c2ccccc2Cl)s1. The lowest BCUT2D eigenvalue weighted by Gasteiger charge is -2.33. The Hall–Kier alpha value is -2.06. The second-order valence-corrected chi connectivity index (χ2v) is 9.05. The number of benzene rings is 1. The summed E-state index contributed by atoms with van der Waals surface area (Å²) in [7, 11) is 0. The molecule has 30 heavy (non-hydrogen) atoms. The summed E-state index contributed by atoms with van der Waals surface area (Å²) in [6, 6.07) is 7.43. The maximum atomic E-state index is 13.6. The van der Waals surface area contributed by atoms with E-state index in [1.54, 1.807) is 25.1 Å². The highest BCUT2D eigenvalue weighted by Crippen LogP contribution is 2.38. The smallest absolute Gasteiger partial charge is 0.351 e. The van der Waals surface area contributed by atoms with Crippen LogP contribution in [0.15, 0.2) is 36.4 Å². The fourth-order valence-corrected chi connectivity index (χ4v) is 4.85. The number of thiophene rings is 1. The van der Waals surface area contributed by atoms with Crippen molar-refractivity contribution >= 4 is 40.4 Å². The zero-order valence-corrected chi connectivity index (χ0v) is 17.9. The number of para-hydroxylation sites is 1. The quantitative estimate of drug-likeness (QED) is 0.616. The number of halogens is 4. The zero-order valence-electron chi connectivity index (χ0n) is 16.3. The Morgan fingerprint density at radius 1 is 1.13 bits per heavy atom. The second-order valence-electron chi connectivity index (χ2n) is 7.32. The molecule has 1 aliphatic rings. The fourth-order valence-electron chi connectivity index (χ4n) is 3.65. The van der Waals surface area contributed by atoms with Crippen LogP contribution in [0.1, 0.15) is 47.9 Å². The molecule has 1 aromatic heterocycles. The summed E-state index contributed by atoms with van der Waals surface area (Å²) in [5.41, 5.74) is -0.156. The summed E-state index contributed by atoms with van der Waals surface area (Å²) < 4.78 is 40.7. The van der Waals surface area contributed by atoms with Crippen LogP contribution in [0.5, 0.6) is 0 Å².